The molecule has 0 spiro atoms. The predicted octanol–water partition coefficient (Wildman–Crippen LogP) is 1.88. The summed E-state index contributed by atoms with van der Waals surface area (Å²) >= 11 is 0. The van der Waals surface area contributed by atoms with Gasteiger partial charge in [-0.05, 0) is 37.0 Å². The fraction of sp³-hybridized carbons (Fsp3) is 1.00. The fourth-order valence-electron chi connectivity index (χ4n) is 3.48. The van der Waals surface area contributed by atoms with Gasteiger partial charge in [-0.3, -0.25) is 0 Å². The van der Waals surface area contributed by atoms with Gasteiger partial charge in [-0.2, -0.15) is 17.4 Å². The second-order valence-electron chi connectivity index (χ2n) is 7.62. The smallest absolute Gasteiger partial charge is 0.279 e. The third kappa shape index (κ3) is 4.41. The Hall–Kier alpha value is -0.170. The van der Waals surface area contributed by atoms with Crippen molar-refractivity contribution in [3.63, 3.8) is 0 Å². The molecule has 0 amide bonds. The zero-order chi connectivity index (χ0) is 15.7. The molecule has 0 radical (unpaired) electrons. The SMILES string of the molecule is CC(C)(C)C1CCN(S(=O)(=O)NC2CCCCC2O)CC1. The summed E-state index contributed by atoms with van der Waals surface area (Å²) in [6.07, 6.45) is 4.68. The Bertz CT molecular complexity index is 436. The van der Waals surface area contributed by atoms with E-state index < -0.39 is 16.3 Å². The van der Waals surface area contributed by atoms with Gasteiger partial charge in [0.2, 0.25) is 0 Å². The van der Waals surface area contributed by atoms with Gasteiger partial charge < -0.3 is 5.11 Å². The highest BCUT2D eigenvalue weighted by atomic mass is 32.2. The molecular formula is C15H30N2O3S. The van der Waals surface area contributed by atoms with Crippen LogP contribution in [0.25, 0.3) is 0 Å². The first kappa shape index (κ1) is 17.2. The van der Waals surface area contributed by atoms with Crippen molar-refractivity contribution in [3.05, 3.63) is 0 Å². The van der Waals surface area contributed by atoms with E-state index >= 15 is 0 Å². The highest BCUT2D eigenvalue weighted by molar-refractivity contribution is 7.87. The molecule has 0 aromatic rings. The molecule has 1 saturated heterocycles. The summed E-state index contributed by atoms with van der Waals surface area (Å²) in [6.45, 7) is 7.83. The molecule has 1 aliphatic heterocycles. The zero-order valence-electron chi connectivity index (χ0n) is 13.5. The lowest BCUT2D eigenvalue weighted by Gasteiger charge is -2.39. The van der Waals surface area contributed by atoms with Crippen molar-refractivity contribution in [1.29, 1.82) is 0 Å². The first-order valence-corrected chi connectivity index (χ1v) is 9.59. The largest absolute Gasteiger partial charge is 0.391 e. The van der Waals surface area contributed by atoms with E-state index in [4.69, 9.17) is 0 Å². The molecule has 5 nitrogen and oxygen atoms in total. The molecule has 0 bridgehead atoms. The van der Waals surface area contributed by atoms with Crippen molar-refractivity contribution in [2.45, 2.75) is 71.4 Å². The second-order valence-corrected chi connectivity index (χ2v) is 9.32. The van der Waals surface area contributed by atoms with Crippen LogP contribution < -0.4 is 4.72 Å². The summed E-state index contributed by atoms with van der Waals surface area (Å²) in [7, 11) is -3.46. The van der Waals surface area contributed by atoms with Gasteiger partial charge in [0, 0.05) is 19.1 Å². The minimum absolute atomic E-state index is 0.239. The van der Waals surface area contributed by atoms with Crippen molar-refractivity contribution >= 4 is 10.2 Å². The van der Waals surface area contributed by atoms with Crippen LogP contribution in [0.3, 0.4) is 0 Å². The van der Waals surface area contributed by atoms with E-state index in [1.54, 1.807) is 4.31 Å². The fourth-order valence-corrected chi connectivity index (χ4v) is 4.97. The number of nitrogens with one attached hydrogen (secondary N) is 1. The maximum absolute atomic E-state index is 12.5. The second kappa shape index (κ2) is 6.52. The monoisotopic (exact) mass is 318 g/mol. The van der Waals surface area contributed by atoms with Crippen LogP contribution in [-0.4, -0.2) is 43.1 Å². The number of piperidine rings is 1. The van der Waals surface area contributed by atoms with Crippen LogP contribution in [0.2, 0.25) is 0 Å². The molecule has 0 aromatic carbocycles. The minimum atomic E-state index is -3.46. The number of hydrogen-bond acceptors (Lipinski definition) is 3. The summed E-state index contributed by atoms with van der Waals surface area (Å²) in [4.78, 5) is 0. The Morgan fingerprint density at radius 1 is 1.05 bits per heavy atom. The van der Waals surface area contributed by atoms with Gasteiger partial charge in [0.15, 0.2) is 0 Å². The van der Waals surface area contributed by atoms with Gasteiger partial charge in [-0.25, -0.2) is 0 Å². The van der Waals surface area contributed by atoms with E-state index in [1.807, 2.05) is 0 Å². The van der Waals surface area contributed by atoms with E-state index in [0.717, 1.165) is 32.1 Å². The molecule has 1 saturated carbocycles. The first-order chi connectivity index (χ1) is 9.70. The van der Waals surface area contributed by atoms with Crippen LogP contribution >= 0.6 is 0 Å². The average molecular weight is 318 g/mol. The van der Waals surface area contributed by atoms with Gasteiger partial charge >= 0.3 is 0 Å². The third-order valence-electron chi connectivity index (χ3n) is 5.05. The molecule has 1 aliphatic carbocycles. The van der Waals surface area contributed by atoms with Gasteiger partial charge in [0.1, 0.15) is 0 Å². The summed E-state index contributed by atoms with van der Waals surface area (Å²) in [5.74, 6) is 0.573. The molecule has 2 rings (SSSR count). The number of aliphatic hydroxyl groups is 1. The van der Waals surface area contributed by atoms with Crippen molar-refractivity contribution < 1.29 is 13.5 Å². The molecule has 0 aromatic heterocycles. The topological polar surface area (TPSA) is 69.6 Å². The van der Waals surface area contributed by atoms with Gasteiger partial charge in [-0.1, -0.05) is 33.6 Å². The minimum Gasteiger partial charge on any atom is -0.391 e. The van der Waals surface area contributed by atoms with E-state index in [9.17, 15) is 13.5 Å². The molecule has 2 aliphatic rings. The lowest BCUT2D eigenvalue weighted by Crippen LogP contribution is -2.52. The standard InChI is InChI=1S/C15H30N2O3S/c1-15(2,3)12-8-10-17(11-9-12)21(19,20)16-13-6-4-5-7-14(13)18/h12-14,16,18H,4-11H2,1-3H3. The highest BCUT2D eigenvalue weighted by Crippen LogP contribution is 2.34. The summed E-state index contributed by atoms with van der Waals surface area (Å²) in [5, 5.41) is 9.93. The normalized spacial score (nSPS) is 30.5. The van der Waals surface area contributed by atoms with Gasteiger partial charge in [-0.15, -0.1) is 0 Å². The van der Waals surface area contributed by atoms with Crippen molar-refractivity contribution in [1.82, 2.24) is 9.03 Å². The molecule has 2 fully saturated rings. The zero-order valence-corrected chi connectivity index (χ0v) is 14.3. The van der Waals surface area contributed by atoms with E-state index in [-0.39, 0.29) is 11.5 Å². The number of nitrogens with zero attached hydrogens (tertiary/aromatic N) is 1. The maximum Gasteiger partial charge on any atom is 0.279 e. The number of aliphatic hydroxyl groups excluding tert-OH is 1. The quantitative estimate of drug-likeness (QED) is 0.835. The van der Waals surface area contributed by atoms with E-state index in [0.29, 0.717) is 25.4 Å². The predicted molar refractivity (Wildman–Crippen MR) is 84.1 cm³/mol. The Morgan fingerprint density at radius 3 is 2.14 bits per heavy atom. The third-order valence-corrected chi connectivity index (χ3v) is 6.69. The van der Waals surface area contributed by atoms with Crippen LogP contribution in [0, 0.1) is 11.3 Å². The lowest BCUT2D eigenvalue weighted by molar-refractivity contribution is 0.0990. The van der Waals surface area contributed by atoms with Crippen LogP contribution in [0.4, 0.5) is 0 Å². The summed E-state index contributed by atoms with van der Waals surface area (Å²) in [6, 6.07) is -0.316. The van der Waals surface area contributed by atoms with Crippen LogP contribution in [0.15, 0.2) is 0 Å². The van der Waals surface area contributed by atoms with Gasteiger partial charge in [0.05, 0.1) is 6.10 Å². The molecule has 2 atom stereocenters. The van der Waals surface area contributed by atoms with Crippen molar-refractivity contribution in [2.75, 3.05) is 13.1 Å². The Balaban J connectivity index is 1.92. The summed E-state index contributed by atoms with van der Waals surface area (Å²) < 4.78 is 29.2. The Labute approximate surface area is 129 Å². The molecular weight excluding hydrogens is 288 g/mol. The maximum atomic E-state index is 12.5. The van der Waals surface area contributed by atoms with Crippen LogP contribution in [-0.2, 0) is 10.2 Å². The molecule has 6 heteroatoms. The van der Waals surface area contributed by atoms with Crippen molar-refractivity contribution in [2.24, 2.45) is 11.3 Å². The first-order valence-electron chi connectivity index (χ1n) is 8.15. The molecule has 1 heterocycles. The van der Waals surface area contributed by atoms with Crippen molar-refractivity contribution in [3.8, 4) is 0 Å². The van der Waals surface area contributed by atoms with Gasteiger partial charge in [0.25, 0.3) is 10.2 Å². The summed E-state index contributed by atoms with van der Waals surface area (Å²) in [5.41, 5.74) is 0.239. The Kier molecular flexibility index (Phi) is 5.34. The Morgan fingerprint density at radius 2 is 1.62 bits per heavy atom. The molecule has 2 N–H and O–H groups in total. The van der Waals surface area contributed by atoms with E-state index in [2.05, 4.69) is 25.5 Å². The van der Waals surface area contributed by atoms with E-state index in [1.165, 1.54) is 0 Å². The van der Waals surface area contributed by atoms with Crippen LogP contribution in [0.5, 0.6) is 0 Å². The molecule has 124 valence electrons. The number of rotatable bonds is 3. The van der Waals surface area contributed by atoms with Crippen LogP contribution in [0.1, 0.15) is 59.3 Å². The average Bonchev–Trinajstić information content (AvgIpc) is 2.40. The molecule has 21 heavy (non-hydrogen) atoms. The number of hydrogen-bond donors (Lipinski definition) is 2. The molecule has 2 unspecified atom stereocenters. The highest BCUT2D eigenvalue weighted by Gasteiger charge is 2.35. The lowest BCUT2D eigenvalue weighted by atomic mass is 9.76.